The minimum atomic E-state index is 0.979. The molecule has 0 fully saturated rings. The smallest absolute Gasteiger partial charge is 0.268 e. The fourth-order valence-electron chi connectivity index (χ4n) is 1.12. The molecule has 1 heterocycles. The summed E-state index contributed by atoms with van der Waals surface area (Å²) in [5.74, 6) is 0.979. The third-order valence-electron chi connectivity index (χ3n) is 1.43. The third kappa shape index (κ3) is 1.61. The molecule has 0 bridgehead atoms. The molecule has 1 aromatic heterocycles. The van der Waals surface area contributed by atoms with Crippen LogP contribution in [0.25, 0.3) is 0 Å². The summed E-state index contributed by atoms with van der Waals surface area (Å²) in [4.78, 5) is 1.98. The van der Waals surface area contributed by atoms with E-state index in [1.807, 2.05) is 43.9 Å². The zero-order valence-electron chi connectivity index (χ0n) is 7.89. The Morgan fingerprint density at radius 3 is 2.42 bits per heavy atom. The van der Waals surface area contributed by atoms with Gasteiger partial charge in [-0.15, -0.1) is 5.10 Å². The van der Waals surface area contributed by atoms with E-state index in [-0.39, 0.29) is 0 Å². The molecule has 0 unspecified atom stereocenters. The first-order valence-corrected chi connectivity index (χ1v) is 3.71. The second-order valence-electron chi connectivity index (χ2n) is 2.94. The van der Waals surface area contributed by atoms with Crippen molar-refractivity contribution in [1.29, 1.82) is 0 Å². The van der Waals surface area contributed by atoms with Crippen molar-refractivity contribution >= 4 is 5.96 Å². The van der Waals surface area contributed by atoms with Crippen molar-refractivity contribution in [2.24, 2.45) is 0 Å². The Hall–Kier alpha value is -1.39. The normalized spacial score (nSPS) is 9.67. The Bertz CT molecular complexity index is 268. The molecule has 1 rings (SSSR count). The molecule has 0 saturated heterocycles. The van der Waals surface area contributed by atoms with Crippen molar-refractivity contribution in [3.05, 3.63) is 12.4 Å². The summed E-state index contributed by atoms with van der Waals surface area (Å²) in [6.45, 7) is 0. The van der Waals surface area contributed by atoms with Crippen LogP contribution in [0.5, 0.6) is 0 Å². The summed E-state index contributed by atoms with van der Waals surface area (Å²) in [6.07, 6.45) is 3.47. The highest BCUT2D eigenvalue weighted by atomic mass is 15.5. The van der Waals surface area contributed by atoms with Gasteiger partial charge in [0.05, 0.1) is 34.4 Å². The predicted octanol–water partition coefficient (Wildman–Crippen LogP) is -0.684. The van der Waals surface area contributed by atoms with Gasteiger partial charge in [0, 0.05) is 5.21 Å². The molecule has 0 aliphatic rings. The van der Waals surface area contributed by atoms with Gasteiger partial charge in [-0.2, -0.15) is 0 Å². The first kappa shape index (κ1) is 8.70. The molecule has 0 aromatic carbocycles. The van der Waals surface area contributed by atoms with Gasteiger partial charge in [0.25, 0.3) is 0 Å². The van der Waals surface area contributed by atoms with Crippen molar-refractivity contribution in [1.82, 2.24) is 19.9 Å². The Labute approximate surface area is 71.9 Å². The van der Waals surface area contributed by atoms with E-state index in [1.165, 1.54) is 0 Å². The lowest BCUT2D eigenvalue weighted by Gasteiger charge is -2.09. The fourth-order valence-corrected chi connectivity index (χ4v) is 1.12. The lowest BCUT2D eigenvalue weighted by atomic mass is 10.7. The van der Waals surface area contributed by atoms with Crippen molar-refractivity contribution < 1.29 is 4.58 Å². The quantitative estimate of drug-likeness (QED) is 0.292. The van der Waals surface area contributed by atoms with Gasteiger partial charge in [0.1, 0.15) is 6.20 Å². The van der Waals surface area contributed by atoms with Crippen LogP contribution >= 0.6 is 0 Å². The lowest BCUT2D eigenvalue weighted by Crippen LogP contribution is -2.36. The van der Waals surface area contributed by atoms with E-state index in [4.69, 9.17) is 0 Å². The molecule has 0 spiro atoms. The van der Waals surface area contributed by atoms with Crippen LogP contribution < -0.4 is 0 Å². The van der Waals surface area contributed by atoms with Crippen LogP contribution in [0, 0.1) is 0 Å². The number of rotatable bonds is 0. The summed E-state index contributed by atoms with van der Waals surface area (Å²) >= 11 is 0. The molecule has 0 aliphatic carbocycles. The minimum absolute atomic E-state index is 0.979. The van der Waals surface area contributed by atoms with Gasteiger partial charge >= 0.3 is 5.96 Å². The van der Waals surface area contributed by atoms with Crippen LogP contribution in [-0.2, 0) is 0 Å². The van der Waals surface area contributed by atoms with Crippen LogP contribution in [0.3, 0.4) is 0 Å². The Balaban J connectivity index is 3.06. The molecule has 0 amide bonds. The third-order valence-corrected chi connectivity index (χ3v) is 1.43. The van der Waals surface area contributed by atoms with E-state index in [9.17, 15) is 0 Å². The first-order valence-electron chi connectivity index (χ1n) is 3.71. The van der Waals surface area contributed by atoms with Gasteiger partial charge in [-0.1, -0.05) is 4.68 Å². The van der Waals surface area contributed by atoms with Crippen LogP contribution in [0.2, 0.25) is 0 Å². The van der Waals surface area contributed by atoms with E-state index < -0.39 is 0 Å². The SMILES string of the molecule is CN(C)C(n1ccnn1)=[N+](C)C. The van der Waals surface area contributed by atoms with Gasteiger partial charge < -0.3 is 0 Å². The topological polar surface area (TPSA) is 37.0 Å². The second kappa shape index (κ2) is 3.34. The molecular formula is C7H14N5+. The van der Waals surface area contributed by atoms with Crippen LogP contribution in [0.4, 0.5) is 0 Å². The van der Waals surface area contributed by atoms with Crippen LogP contribution in [0.15, 0.2) is 12.4 Å². The van der Waals surface area contributed by atoms with E-state index in [0.717, 1.165) is 5.96 Å². The average molecular weight is 168 g/mol. The molecule has 0 N–H and O–H groups in total. The number of hydrogen-bond acceptors (Lipinski definition) is 2. The first-order chi connectivity index (χ1) is 5.63. The van der Waals surface area contributed by atoms with Gasteiger partial charge in [-0.25, -0.2) is 0 Å². The average Bonchev–Trinajstić information content (AvgIpc) is 2.37. The molecule has 66 valence electrons. The molecular weight excluding hydrogens is 154 g/mol. The molecule has 5 heteroatoms. The van der Waals surface area contributed by atoms with Gasteiger partial charge in [0.15, 0.2) is 0 Å². The zero-order chi connectivity index (χ0) is 9.14. The minimum Gasteiger partial charge on any atom is -0.268 e. The maximum absolute atomic E-state index is 3.91. The number of aromatic nitrogens is 3. The van der Waals surface area contributed by atoms with E-state index >= 15 is 0 Å². The summed E-state index contributed by atoms with van der Waals surface area (Å²) in [5, 5.41) is 7.65. The predicted molar refractivity (Wildman–Crippen MR) is 46.2 cm³/mol. The monoisotopic (exact) mass is 168 g/mol. The fraction of sp³-hybridized carbons (Fsp3) is 0.571. The molecule has 5 nitrogen and oxygen atoms in total. The molecule has 12 heavy (non-hydrogen) atoms. The summed E-state index contributed by atoms with van der Waals surface area (Å²) in [7, 11) is 7.88. The molecule has 0 saturated carbocycles. The summed E-state index contributed by atoms with van der Waals surface area (Å²) in [6, 6.07) is 0. The summed E-state index contributed by atoms with van der Waals surface area (Å²) in [5.41, 5.74) is 0. The number of hydrogen-bond donors (Lipinski definition) is 0. The van der Waals surface area contributed by atoms with E-state index in [1.54, 1.807) is 10.9 Å². The van der Waals surface area contributed by atoms with E-state index in [0.29, 0.717) is 0 Å². The highest BCUT2D eigenvalue weighted by Crippen LogP contribution is 1.86. The maximum Gasteiger partial charge on any atom is 0.379 e. The molecule has 0 radical (unpaired) electrons. The van der Waals surface area contributed by atoms with Crippen molar-refractivity contribution in [3.8, 4) is 0 Å². The van der Waals surface area contributed by atoms with Crippen LogP contribution in [-0.4, -0.2) is 58.6 Å². The maximum atomic E-state index is 3.91. The zero-order valence-corrected chi connectivity index (χ0v) is 7.89. The number of nitrogens with zero attached hydrogens (tertiary/aromatic N) is 5. The molecule has 0 aliphatic heterocycles. The van der Waals surface area contributed by atoms with E-state index in [2.05, 4.69) is 10.3 Å². The highest BCUT2D eigenvalue weighted by molar-refractivity contribution is 5.75. The molecule has 1 aromatic rings. The Morgan fingerprint density at radius 1 is 1.42 bits per heavy atom. The Kier molecular flexibility index (Phi) is 2.42. The standard InChI is InChI=1S/C7H14N5/c1-10(2)7(11(3)4)12-6-5-8-9-12/h5-6H,1-4H3/q+1. The lowest BCUT2D eigenvalue weighted by molar-refractivity contribution is -0.472. The van der Waals surface area contributed by atoms with Crippen molar-refractivity contribution in [3.63, 3.8) is 0 Å². The van der Waals surface area contributed by atoms with Gasteiger partial charge in [-0.3, -0.25) is 9.48 Å². The molecule has 0 atom stereocenters. The second-order valence-corrected chi connectivity index (χ2v) is 2.94. The summed E-state index contributed by atoms with van der Waals surface area (Å²) < 4.78 is 3.70. The van der Waals surface area contributed by atoms with Gasteiger partial charge in [0.2, 0.25) is 0 Å². The van der Waals surface area contributed by atoms with Crippen molar-refractivity contribution in [2.45, 2.75) is 0 Å². The van der Waals surface area contributed by atoms with Gasteiger partial charge in [-0.05, 0) is 0 Å². The van der Waals surface area contributed by atoms with Crippen LogP contribution in [0.1, 0.15) is 0 Å². The Morgan fingerprint density at radius 2 is 2.08 bits per heavy atom. The highest BCUT2D eigenvalue weighted by Gasteiger charge is 2.14. The van der Waals surface area contributed by atoms with Crippen molar-refractivity contribution in [2.75, 3.05) is 28.2 Å². The largest absolute Gasteiger partial charge is 0.379 e.